The summed E-state index contributed by atoms with van der Waals surface area (Å²) in [6.07, 6.45) is 0. The van der Waals surface area contributed by atoms with E-state index in [0.717, 1.165) is 0 Å². The Hall–Kier alpha value is -1.93. The number of carbonyl (C=O) groups excluding carboxylic acids is 1. The molecule has 2 N–H and O–H groups in total. The fourth-order valence-corrected chi connectivity index (χ4v) is 1.61. The quantitative estimate of drug-likeness (QED) is 0.798. The summed E-state index contributed by atoms with van der Waals surface area (Å²) in [4.78, 5) is 11.5. The lowest BCUT2D eigenvalue weighted by atomic mass is 10.2. The molecule has 0 saturated heterocycles. The lowest BCUT2D eigenvalue weighted by molar-refractivity contribution is -0.121. The molecule has 1 amide bonds. The number of nitrogens with zero attached hydrogens (tertiary/aromatic N) is 1. The molecule has 0 bridgehead atoms. The fraction of sp³-hybridized carbons (Fsp3) is 0.333. The van der Waals surface area contributed by atoms with E-state index in [2.05, 4.69) is 10.6 Å². The summed E-state index contributed by atoms with van der Waals surface area (Å²) in [5.41, 5.74) is 0.709. The first-order valence-corrected chi connectivity index (χ1v) is 5.71. The molecule has 0 radical (unpaired) electrons. The average molecular weight is 268 g/mol. The van der Waals surface area contributed by atoms with Gasteiger partial charge in [0.15, 0.2) is 0 Å². The Balaban J connectivity index is 2.65. The van der Waals surface area contributed by atoms with Gasteiger partial charge in [-0.05, 0) is 25.1 Å². The number of amides is 1. The third-order valence-electron chi connectivity index (χ3n) is 2.27. The molecule has 1 rings (SSSR count). The Labute approximate surface area is 111 Å². The summed E-state index contributed by atoms with van der Waals surface area (Å²) in [5, 5.41) is 14.3. The molecule has 1 atom stereocenters. The summed E-state index contributed by atoms with van der Waals surface area (Å²) in [5.74, 6) is 0.326. The number of carbonyl (C=O) groups is 1. The van der Waals surface area contributed by atoms with Crippen molar-refractivity contribution in [3.05, 3.63) is 23.2 Å². The Bertz CT molecular complexity index is 471. The molecule has 0 saturated carbocycles. The zero-order valence-electron chi connectivity index (χ0n) is 10.2. The predicted molar refractivity (Wildman–Crippen MR) is 69.7 cm³/mol. The summed E-state index contributed by atoms with van der Waals surface area (Å²) >= 11 is 5.97. The lowest BCUT2D eigenvalue weighted by Crippen LogP contribution is -2.37. The van der Waals surface area contributed by atoms with E-state index in [1.807, 2.05) is 6.07 Å². The van der Waals surface area contributed by atoms with Crippen LogP contribution < -0.4 is 15.4 Å². The number of halogens is 1. The van der Waals surface area contributed by atoms with Crippen molar-refractivity contribution < 1.29 is 9.53 Å². The summed E-state index contributed by atoms with van der Waals surface area (Å²) in [6.45, 7) is 1.69. The van der Waals surface area contributed by atoms with Gasteiger partial charge in [0.25, 0.3) is 0 Å². The molecule has 0 spiro atoms. The molecule has 1 aromatic carbocycles. The van der Waals surface area contributed by atoms with E-state index in [1.165, 1.54) is 7.11 Å². The van der Waals surface area contributed by atoms with Gasteiger partial charge in [0.2, 0.25) is 5.91 Å². The normalized spacial score (nSPS) is 11.2. The van der Waals surface area contributed by atoms with Gasteiger partial charge in [-0.15, -0.1) is 0 Å². The molecule has 5 nitrogen and oxygen atoms in total. The largest absolute Gasteiger partial charge is 0.495 e. The molecular formula is C12H14ClN3O2. The van der Waals surface area contributed by atoms with E-state index in [9.17, 15) is 4.79 Å². The van der Waals surface area contributed by atoms with E-state index in [1.54, 1.807) is 25.1 Å². The Morgan fingerprint density at radius 1 is 1.61 bits per heavy atom. The molecule has 0 aliphatic rings. The van der Waals surface area contributed by atoms with Crippen LogP contribution in [0, 0.1) is 11.3 Å². The Morgan fingerprint density at radius 3 is 2.89 bits per heavy atom. The second-order valence-electron chi connectivity index (χ2n) is 3.59. The fourth-order valence-electron chi connectivity index (χ4n) is 1.35. The number of ether oxygens (including phenoxy) is 1. The minimum Gasteiger partial charge on any atom is -0.495 e. The van der Waals surface area contributed by atoms with Crippen molar-refractivity contribution in [2.75, 3.05) is 19.0 Å². The summed E-state index contributed by atoms with van der Waals surface area (Å²) < 4.78 is 5.03. The van der Waals surface area contributed by atoms with Crippen molar-refractivity contribution in [3.63, 3.8) is 0 Å². The van der Waals surface area contributed by atoms with Crippen molar-refractivity contribution in [1.29, 1.82) is 5.26 Å². The highest BCUT2D eigenvalue weighted by Gasteiger charge is 2.12. The molecule has 0 heterocycles. The van der Waals surface area contributed by atoms with Crippen LogP contribution in [0.4, 0.5) is 5.69 Å². The van der Waals surface area contributed by atoms with Crippen LogP contribution in [0.1, 0.15) is 6.92 Å². The standard InChI is InChI=1S/C12H14ClN3O2/c1-8(12(17)15-6-5-14)16-9-3-4-11(18-2)10(13)7-9/h3-4,7-8,16H,6H2,1-2H3,(H,15,17). The number of methoxy groups -OCH3 is 1. The average Bonchev–Trinajstić information content (AvgIpc) is 2.36. The Morgan fingerprint density at radius 2 is 2.33 bits per heavy atom. The molecular weight excluding hydrogens is 254 g/mol. The zero-order valence-corrected chi connectivity index (χ0v) is 10.9. The molecule has 96 valence electrons. The predicted octanol–water partition coefficient (Wildman–Crippen LogP) is 1.79. The number of nitriles is 1. The van der Waals surface area contributed by atoms with Gasteiger partial charge in [0.1, 0.15) is 18.3 Å². The monoisotopic (exact) mass is 267 g/mol. The number of nitrogens with one attached hydrogen (secondary N) is 2. The molecule has 0 aliphatic carbocycles. The highest BCUT2D eigenvalue weighted by molar-refractivity contribution is 6.32. The van der Waals surface area contributed by atoms with E-state index in [0.29, 0.717) is 16.5 Å². The van der Waals surface area contributed by atoms with Gasteiger partial charge in [-0.25, -0.2) is 0 Å². The molecule has 18 heavy (non-hydrogen) atoms. The van der Waals surface area contributed by atoms with Gasteiger partial charge in [-0.2, -0.15) is 5.26 Å². The number of benzene rings is 1. The second kappa shape index (κ2) is 6.72. The number of anilines is 1. The molecule has 0 fully saturated rings. The van der Waals surface area contributed by atoms with Crippen LogP contribution in [0.15, 0.2) is 18.2 Å². The van der Waals surface area contributed by atoms with Crippen LogP contribution in [0.25, 0.3) is 0 Å². The Kier molecular flexibility index (Phi) is 5.28. The van der Waals surface area contributed by atoms with E-state index < -0.39 is 6.04 Å². The SMILES string of the molecule is COc1ccc(NC(C)C(=O)NCC#N)cc1Cl. The zero-order chi connectivity index (χ0) is 13.5. The van der Waals surface area contributed by atoms with Crippen molar-refractivity contribution in [1.82, 2.24) is 5.32 Å². The smallest absolute Gasteiger partial charge is 0.243 e. The van der Waals surface area contributed by atoms with Crippen LogP contribution in [-0.4, -0.2) is 25.6 Å². The van der Waals surface area contributed by atoms with Crippen molar-refractivity contribution in [3.8, 4) is 11.8 Å². The van der Waals surface area contributed by atoms with Crippen molar-refractivity contribution >= 4 is 23.2 Å². The maximum absolute atomic E-state index is 11.5. The number of rotatable bonds is 5. The summed E-state index contributed by atoms with van der Waals surface area (Å²) in [6, 6.07) is 6.54. The van der Waals surface area contributed by atoms with Gasteiger partial charge >= 0.3 is 0 Å². The van der Waals surface area contributed by atoms with E-state index >= 15 is 0 Å². The van der Waals surface area contributed by atoms with Crippen molar-refractivity contribution in [2.45, 2.75) is 13.0 Å². The minimum absolute atomic E-state index is 0.00573. The number of hydrogen-bond donors (Lipinski definition) is 2. The lowest BCUT2D eigenvalue weighted by Gasteiger charge is -2.15. The molecule has 0 aromatic heterocycles. The van der Waals surface area contributed by atoms with Gasteiger partial charge in [0.05, 0.1) is 18.2 Å². The molecule has 0 aliphatic heterocycles. The number of hydrogen-bond acceptors (Lipinski definition) is 4. The molecule has 1 aromatic rings. The molecule has 1 unspecified atom stereocenters. The maximum Gasteiger partial charge on any atom is 0.243 e. The van der Waals surface area contributed by atoms with Gasteiger partial charge < -0.3 is 15.4 Å². The molecule has 6 heteroatoms. The topological polar surface area (TPSA) is 74.2 Å². The van der Waals surface area contributed by atoms with Crippen LogP contribution in [0.3, 0.4) is 0 Å². The van der Waals surface area contributed by atoms with Crippen LogP contribution >= 0.6 is 11.6 Å². The van der Waals surface area contributed by atoms with Gasteiger partial charge in [-0.3, -0.25) is 4.79 Å². The van der Waals surface area contributed by atoms with Crippen LogP contribution in [0.2, 0.25) is 5.02 Å². The van der Waals surface area contributed by atoms with E-state index in [4.69, 9.17) is 21.6 Å². The van der Waals surface area contributed by atoms with Crippen LogP contribution in [-0.2, 0) is 4.79 Å². The van der Waals surface area contributed by atoms with Gasteiger partial charge in [0, 0.05) is 5.69 Å². The highest BCUT2D eigenvalue weighted by atomic mass is 35.5. The second-order valence-corrected chi connectivity index (χ2v) is 4.00. The highest BCUT2D eigenvalue weighted by Crippen LogP contribution is 2.27. The van der Waals surface area contributed by atoms with Crippen molar-refractivity contribution in [2.24, 2.45) is 0 Å². The first kappa shape index (κ1) is 14.1. The first-order chi connectivity index (χ1) is 8.58. The van der Waals surface area contributed by atoms with Gasteiger partial charge in [-0.1, -0.05) is 11.6 Å². The first-order valence-electron chi connectivity index (χ1n) is 5.33. The maximum atomic E-state index is 11.5. The third-order valence-corrected chi connectivity index (χ3v) is 2.57. The van der Waals surface area contributed by atoms with Crippen LogP contribution in [0.5, 0.6) is 5.75 Å². The minimum atomic E-state index is -0.456. The van der Waals surface area contributed by atoms with E-state index in [-0.39, 0.29) is 12.5 Å². The third kappa shape index (κ3) is 3.82. The summed E-state index contributed by atoms with van der Waals surface area (Å²) in [7, 11) is 1.53.